The Morgan fingerprint density at radius 3 is 2.11 bits per heavy atom. The van der Waals surface area contributed by atoms with Crippen LogP contribution in [0.15, 0.2) is 143 Å². The second-order valence-electron chi connectivity index (χ2n) is 23.9. The Morgan fingerprint density at radius 2 is 1.47 bits per heavy atom. The largest absolute Gasteiger partial charge is 0.337 e. The number of allylic oxidation sites excluding steroid dienone is 10. The molecule has 8 rings (SSSR count). The van der Waals surface area contributed by atoms with E-state index < -0.39 is 0 Å². The van der Waals surface area contributed by atoms with Crippen molar-refractivity contribution in [3.05, 3.63) is 165 Å². The zero-order valence-corrected chi connectivity index (χ0v) is 42.8. The fourth-order valence-electron chi connectivity index (χ4n) is 10.9. The summed E-state index contributed by atoms with van der Waals surface area (Å²) in [6.45, 7) is 40.1. The van der Waals surface area contributed by atoms with Gasteiger partial charge in [0, 0.05) is 33.9 Å². The predicted octanol–water partition coefficient (Wildman–Crippen LogP) is 16.0. The Bertz CT molecular complexity index is 2580. The number of rotatable bonds is 6. The van der Waals surface area contributed by atoms with E-state index in [0.717, 1.165) is 25.0 Å². The molecule has 3 aromatic carbocycles. The second-order valence-corrected chi connectivity index (χ2v) is 25.1. The number of hydrogen-bond acceptors (Lipinski definition) is 3. The summed E-state index contributed by atoms with van der Waals surface area (Å²) >= 11 is 2.22. The standard InChI is InChI=1S/C60H75BN2S/c1-17-39-20-19-21-41(23-22-39)46-37-44(58(10,11)12)27-31-48(46)63-50-35-38(3)34-49(52(50)61-55-53(63)51-54(64-55)60(15,16)33-32-59(51,13)14)62(45-28-24-42(25-29-45)56(4,5)6)47-30-26-43(57(7,8)9)36-40(47)18-2/h17-30,34-37,48,51,54,61H,2,31-33H2,1,3-16H3/b39-17-. The van der Waals surface area contributed by atoms with Crippen LogP contribution >= 0.6 is 11.8 Å². The molecule has 3 unspecified atom stereocenters. The summed E-state index contributed by atoms with van der Waals surface area (Å²) in [4.78, 5) is 7.05. The van der Waals surface area contributed by atoms with E-state index in [0.29, 0.717) is 11.2 Å². The molecule has 1 fully saturated rings. The van der Waals surface area contributed by atoms with Crippen molar-refractivity contribution in [2.24, 2.45) is 22.2 Å². The van der Waals surface area contributed by atoms with Gasteiger partial charge in [0.15, 0.2) is 0 Å². The highest BCUT2D eigenvalue weighted by Crippen LogP contribution is 2.64. The lowest BCUT2D eigenvalue weighted by Crippen LogP contribution is -2.52. The highest BCUT2D eigenvalue weighted by atomic mass is 32.2. The van der Waals surface area contributed by atoms with Crippen molar-refractivity contribution >= 4 is 53.3 Å². The van der Waals surface area contributed by atoms with Gasteiger partial charge in [-0.05, 0) is 151 Å². The third kappa shape index (κ3) is 8.47. The van der Waals surface area contributed by atoms with Crippen molar-refractivity contribution in [1.29, 1.82) is 0 Å². The van der Waals surface area contributed by atoms with Crippen LogP contribution in [0.4, 0.5) is 22.7 Å². The molecular weight excluding hydrogens is 792 g/mol. The Hall–Kier alpha value is -4.41. The number of fused-ring (bicyclic) bond motifs is 3. The fourth-order valence-corrected chi connectivity index (χ4v) is 12.9. The Kier molecular flexibility index (Phi) is 11.9. The third-order valence-electron chi connectivity index (χ3n) is 15.1. The zero-order valence-electron chi connectivity index (χ0n) is 42.0. The highest BCUT2D eigenvalue weighted by Gasteiger charge is 2.57. The van der Waals surface area contributed by atoms with E-state index in [4.69, 9.17) is 0 Å². The smallest absolute Gasteiger partial charge is 0.208 e. The van der Waals surface area contributed by atoms with Crippen LogP contribution in [-0.2, 0) is 10.8 Å². The molecule has 1 saturated carbocycles. The first-order valence-corrected chi connectivity index (χ1v) is 25.0. The summed E-state index contributed by atoms with van der Waals surface area (Å²) in [5.74, 6) is 0.439. The molecule has 2 aliphatic heterocycles. The number of benzene rings is 3. The van der Waals surface area contributed by atoms with Gasteiger partial charge in [-0.1, -0.05) is 169 Å². The zero-order chi connectivity index (χ0) is 46.3. The summed E-state index contributed by atoms with van der Waals surface area (Å²) in [6, 6.07) is 21.6. The maximum Gasteiger partial charge on any atom is 0.208 e. The maximum absolute atomic E-state index is 4.44. The lowest BCUT2D eigenvalue weighted by atomic mass is 9.56. The minimum absolute atomic E-state index is 0.0120. The van der Waals surface area contributed by atoms with Crippen molar-refractivity contribution in [2.75, 3.05) is 9.80 Å². The van der Waals surface area contributed by atoms with Gasteiger partial charge in [-0.15, -0.1) is 11.8 Å². The summed E-state index contributed by atoms with van der Waals surface area (Å²) in [6.07, 6.45) is 24.4. The first-order valence-electron chi connectivity index (χ1n) is 24.1. The van der Waals surface area contributed by atoms with Crippen molar-refractivity contribution in [2.45, 2.75) is 145 Å². The van der Waals surface area contributed by atoms with Gasteiger partial charge in [0.25, 0.3) is 0 Å². The number of nitrogens with zero attached hydrogens (tertiary/aromatic N) is 2. The van der Waals surface area contributed by atoms with Crippen LogP contribution < -0.4 is 15.3 Å². The van der Waals surface area contributed by atoms with E-state index in [1.165, 1.54) is 74.3 Å². The van der Waals surface area contributed by atoms with Crippen LogP contribution in [0.5, 0.6) is 0 Å². The molecule has 0 aromatic heterocycles. The summed E-state index contributed by atoms with van der Waals surface area (Å²) in [7, 11) is 0.922. The first kappa shape index (κ1) is 46.1. The third-order valence-corrected chi connectivity index (χ3v) is 16.9. The topological polar surface area (TPSA) is 6.48 Å². The fraction of sp³-hybridized carbons (Fsp3) is 0.433. The van der Waals surface area contributed by atoms with Crippen LogP contribution in [0, 0.1) is 29.1 Å². The molecule has 2 heterocycles. The Morgan fingerprint density at radius 1 is 0.797 bits per heavy atom. The molecule has 3 atom stereocenters. The number of hydrogen-bond donors (Lipinski definition) is 0. The SMILES string of the molecule is C=Cc1cc(C(C)(C)C)ccc1N(c1ccc(C(C)(C)C)cc1)c1cc(C)cc2c1BC1=C(C3C(S1)C(C)(C)CCC3(C)C)N2C1CC=C(C(C)(C)C)C=C1C1=CC=C/C(=C/C)C=C1. The molecule has 3 aliphatic carbocycles. The molecule has 2 nitrogen and oxygen atoms in total. The van der Waals surface area contributed by atoms with E-state index in [2.05, 4.69) is 241 Å². The molecule has 64 heavy (non-hydrogen) atoms. The normalized spacial score (nSPS) is 23.4. The average molecular weight is 867 g/mol. The summed E-state index contributed by atoms with van der Waals surface area (Å²) < 4.78 is 0. The Labute approximate surface area is 393 Å². The van der Waals surface area contributed by atoms with Gasteiger partial charge < -0.3 is 9.80 Å². The van der Waals surface area contributed by atoms with Crippen molar-refractivity contribution in [1.82, 2.24) is 0 Å². The Balaban J connectivity index is 1.41. The molecule has 0 bridgehead atoms. The molecule has 0 saturated heterocycles. The molecule has 0 N–H and O–H groups in total. The quantitative estimate of drug-likeness (QED) is 0.228. The van der Waals surface area contributed by atoms with Crippen molar-refractivity contribution in [3.63, 3.8) is 0 Å². The number of anilines is 4. The van der Waals surface area contributed by atoms with Crippen molar-refractivity contribution < 1.29 is 0 Å². The highest BCUT2D eigenvalue weighted by molar-refractivity contribution is 8.05. The van der Waals surface area contributed by atoms with Gasteiger partial charge in [0.05, 0.1) is 11.7 Å². The first-order chi connectivity index (χ1) is 29.9. The lowest BCUT2D eigenvalue weighted by Gasteiger charge is -2.53. The van der Waals surface area contributed by atoms with Gasteiger partial charge in [0.2, 0.25) is 7.28 Å². The van der Waals surface area contributed by atoms with E-state index in [1.54, 1.807) is 10.5 Å². The van der Waals surface area contributed by atoms with Gasteiger partial charge in [-0.25, -0.2) is 0 Å². The van der Waals surface area contributed by atoms with Crippen LogP contribution in [0.25, 0.3) is 6.08 Å². The molecule has 0 spiro atoms. The van der Waals surface area contributed by atoms with Crippen LogP contribution in [0.1, 0.15) is 138 Å². The number of aryl methyl sites for hydroxylation is 1. The van der Waals surface area contributed by atoms with Crippen LogP contribution in [0.3, 0.4) is 0 Å². The van der Waals surface area contributed by atoms with E-state index in [-0.39, 0.29) is 33.1 Å². The molecular formula is C60H75BN2S. The molecule has 5 aliphatic rings. The molecule has 334 valence electrons. The minimum Gasteiger partial charge on any atom is -0.337 e. The van der Waals surface area contributed by atoms with Gasteiger partial charge in [0.1, 0.15) is 0 Å². The van der Waals surface area contributed by atoms with Gasteiger partial charge >= 0.3 is 0 Å². The van der Waals surface area contributed by atoms with Gasteiger partial charge in [-0.3, -0.25) is 0 Å². The van der Waals surface area contributed by atoms with Crippen LogP contribution in [0.2, 0.25) is 0 Å². The maximum atomic E-state index is 4.44. The summed E-state index contributed by atoms with van der Waals surface area (Å²) in [5.41, 5.74) is 18.9. The number of thioether (sulfide) groups is 1. The molecule has 0 radical (unpaired) electrons. The summed E-state index contributed by atoms with van der Waals surface area (Å²) in [5, 5.41) is 0.509. The molecule has 4 heteroatoms. The van der Waals surface area contributed by atoms with E-state index >= 15 is 0 Å². The van der Waals surface area contributed by atoms with Crippen molar-refractivity contribution in [3.8, 4) is 0 Å². The monoisotopic (exact) mass is 867 g/mol. The van der Waals surface area contributed by atoms with E-state index in [1.807, 2.05) is 0 Å². The molecule has 0 amide bonds. The van der Waals surface area contributed by atoms with Crippen LogP contribution in [-0.4, -0.2) is 18.6 Å². The second kappa shape index (κ2) is 16.5. The lowest BCUT2D eigenvalue weighted by molar-refractivity contribution is 0.0869. The van der Waals surface area contributed by atoms with Gasteiger partial charge in [-0.2, -0.15) is 0 Å². The average Bonchev–Trinajstić information content (AvgIpc) is 3.47. The van der Waals surface area contributed by atoms with E-state index in [9.17, 15) is 0 Å². The molecule has 3 aromatic rings. The predicted molar refractivity (Wildman–Crippen MR) is 285 cm³/mol. The minimum atomic E-state index is 0.0120.